The Morgan fingerprint density at radius 3 is 2.13 bits per heavy atom. The number of aryl methyl sites for hydroxylation is 2. The van der Waals surface area contributed by atoms with Gasteiger partial charge in [0.25, 0.3) is 0 Å². The van der Waals surface area contributed by atoms with Crippen molar-refractivity contribution in [3.05, 3.63) is 29.3 Å². The van der Waals surface area contributed by atoms with Gasteiger partial charge in [0.05, 0.1) is 6.04 Å². The molecule has 0 aliphatic heterocycles. The quantitative estimate of drug-likeness (QED) is 0.799. The molecule has 1 amide bonds. The lowest BCUT2D eigenvalue weighted by Gasteiger charge is -2.20. The van der Waals surface area contributed by atoms with Gasteiger partial charge in [-0.1, -0.05) is 6.07 Å². The lowest BCUT2D eigenvalue weighted by Crippen LogP contribution is -2.39. The molecule has 0 fully saturated rings. The van der Waals surface area contributed by atoms with Gasteiger partial charge in [0.2, 0.25) is 5.91 Å². The van der Waals surface area contributed by atoms with Crippen molar-refractivity contribution in [2.24, 2.45) is 5.73 Å². The lowest BCUT2D eigenvalue weighted by molar-refractivity contribution is -0.119. The van der Waals surface area contributed by atoms with E-state index in [1.54, 1.807) is 18.9 Å². The molecule has 0 aliphatic rings. The van der Waals surface area contributed by atoms with Gasteiger partial charge in [0.1, 0.15) is 0 Å². The second-order valence-corrected chi connectivity index (χ2v) is 4.03. The second kappa shape index (κ2) is 4.45. The normalized spacial score (nSPS) is 12.3. The molecular weight excluding hydrogens is 188 g/mol. The van der Waals surface area contributed by atoms with Crippen LogP contribution in [0, 0.1) is 13.8 Å². The van der Waals surface area contributed by atoms with Crippen molar-refractivity contribution < 1.29 is 4.79 Å². The minimum absolute atomic E-state index is 0.0694. The predicted octanol–water partition coefficient (Wildman–Crippen LogP) is 1.61. The highest BCUT2D eigenvalue weighted by atomic mass is 16.2. The van der Waals surface area contributed by atoms with Gasteiger partial charge in [-0.3, -0.25) is 4.79 Å². The molecule has 0 saturated heterocycles. The fraction of sp³-hybridized carbons (Fsp3) is 0.417. The molecule has 82 valence electrons. The fourth-order valence-electron chi connectivity index (χ4n) is 1.58. The third-order valence-electron chi connectivity index (χ3n) is 2.31. The van der Waals surface area contributed by atoms with E-state index in [1.165, 1.54) is 0 Å². The summed E-state index contributed by atoms with van der Waals surface area (Å²) >= 11 is 0. The molecule has 3 nitrogen and oxygen atoms in total. The first-order valence-electron chi connectivity index (χ1n) is 5.03. The predicted molar refractivity (Wildman–Crippen MR) is 63.0 cm³/mol. The van der Waals surface area contributed by atoms with Crippen LogP contribution in [0.5, 0.6) is 0 Å². The molecule has 2 N–H and O–H groups in total. The van der Waals surface area contributed by atoms with Crippen molar-refractivity contribution in [1.29, 1.82) is 0 Å². The Hall–Kier alpha value is -1.35. The van der Waals surface area contributed by atoms with Crippen LogP contribution in [-0.2, 0) is 4.79 Å². The summed E-state index contributed by atoms with van der Waals surface area (Å²) < 4.78 is 0. The van der Waals surface area contributed by atoms with Gasteiger partial charge in [-0.05, 0) is 44.0 Å². The summed E-state index contributed by atoms with van der Waals surface area (Å²) in [5.41, 5.74) is 8.75. The van der Waals surface area contributed by atoms with Gasteiger partial charge in [0, 0.05) is 12.7 Å². The van der Waals surface area contributed by atoms with Crippen LogP contribution in [0.15, 0.2) is 18.2 Å². The van der Waals surface area contributed by atoms with Gasteiger partial charge in [-0.15, -0.1) is 0 Å². The first kappa shape index (κ1) is 11.7. The number of amides is 1. The van der Waals surface area contributed by atoms with Crippen molar-refractivity contribution in [2.45, 2.75) is 26.8 Å². The number of nitrogens with zero attached hydrogens (tertiary/aromatic N) is 1. The van der Waals surface area contributed by atoms with Crippen LogP contribution < -0.4 is 10.6 Å². The monoisotopic (exact) mass is 206 g/mol. The van der Waals surface area contributed by atoms with Crippen LogP contribution in [0.3, 0.4) is 0 Å². The maximum atomic E-state index is 11.7. The van der Waals surface area contributed by atoms with Gasteiger partial charge in [0.15, 0.2) is 0 Å². The molecule has 0 radical (unpaired) electrons. The van der Waals surface area contributed by atoms with Crippen molar-refractivity contribution in [2.75, 3.05) is 11.9 Å². The zero-order valence-corrected chi connectivity index (χ0v) is 9.74. The van der Waals surface area contributed by atoms with E-state index in [-0.39, 0.29) is 5.91 Å². The highest BCUT2D eigenvalue weighted by molar-refractivity contribution is 5.96. The Morgan fingerprint density at radius 2 is 1.73 bits per heavy atom. The summed E-state index contributed by atoms with van der Waals surface area (Å²) in [7, 11) is 1.75. The number of hydrogen-bond acceptors (Lipinski definition) is 2. The number of hydrogen-bond donors (Lipinski definition) is 1. The van der Waals surface area contributed by atoms with Crippen molar-refractivity contribution in [3.8, 4) is 0 Å². The smallest absolute Gasteiger partial charge is 0.243 e. The Labute approximate surface area is 90.9 Å². The Bertz CT molecular complexity index is 352. The molecule has 0 bridgehead atoms. The van der Waals surface area contributed by atoms with E-state index in [0.717, 1.165) is 16.8 Å². The Balaban J connectivity index is 3.00. The topological polar surface area (TPSA) is 46.3 Å². The van der Waals surface area contributed by atoms with Crippen LogP contribution in [-0.4, -0.2) is 19.0 Å². The number of benzene rings is 1. The largest absolute Gasteiger partial charge is 0.320 e. The second-order valence-electron chi connectivity index (χ2n) is 4.03. The minimum Gasteiger partial charge on any atom is -0.320 e. The van der Waals surface area contributed by atoms with Crippen molar-refractivity contribution in [3.63, 3.8) is 0 Å². The van der Waals surface area contributed by atoms with Crippen LogP contribution in [0.2, 0.25) is 0 Å². The van der Waals surface area contributed by atoms with Gasteiger partial charge < -0.3 is 10.6 Å². The molecule has 0 unspecified atom stereocenters. The van der Waals surface area contributed by atoms with Crippen molar-refractivity contribution >= 4 is 11.6 Å². The Morgan fingerprint density at radius 1 is 1.27 bits per heavy atom. The van der Waals surface area contributed by atoms with E-state index in [4.69, 9.17) is 5.73 Å². The van der Waals surface area contributed by atoms with Gasteiger partial charge in [-0.25, -0.2) is 0 Å². The van der Waals surface area contributed by atoms with Crippen LogP contribution in [0.25, 0.3) is 0 Å². The van der Waals surface area contributed by atoms with E-state index in [0.29, 0.717) is 0 Å². The molecule has 1 atom stereocenters. The highest BCUT2D eigenvalue weighted by Crippen LogP contribution is 2.17. The zero-order valence-electron chi connectivity index (χ0n) is 9.74. The number of likely N-dealkylation sites (N-methyl/N-ethyl adjacent to an activating group) is 1. The lowest BCUT2D eigenvalue weighted by atomic mass is 10.1. The number of rotatable bonds is 2. The maximum absolute atomic E-state index is 11.7. The third-order valence-corrected chi connectivity index (χ3v) is 2.31. The van der Waals surface area contributed by atoms with E-state index in [9.17, 15) is 4.79 Å². The molecule has 1 aromatic carbocycles. The van der Waals surface area contributed by atoms with E-state index < -0.39 is 6.04 Å². The van der Waals surface area contributed by atoms with Crippen LogP contribution in [0.1, 0.15) is 18.1 Å². The number of anilines is 1. The average molecular weight is 206 g/mol. The molecule has 0 aliphatic carbocycles. The first-order valence-corrected chi connectivity index (χ1v) is 5.03. The summed E-state index contributed by atoms with van der Waals surface area (Å²) in [5, 5.41) is 0. The van der Waals surface area contributed by atoms with Crippen molar-refractivity contribution in [1.82, 2.24) is 0 Å². The molecule has 0 aromatic heterocycles. The van der Waals surface area contributed by atoms with Gasteiger partial charge in [-0.2, -0.15) is 0 Å². The summed E-state index contributed by atoms with van der Waals surface area (Å²) in [5.74, 6) is -0.0694. The number of carbonyl (C=O) groups excluding carboxylic acids is 1. The third kappa shape index (κ3) is 2.80. The molecule has 1 aromatic rings. The molecule has 3 heteroatoms. The minimum atomic E-state index is -0.462. The summed E-state index contributed by atoms with van der Waals surface area (Å²) in [6, 6.07) is 5.57. The Kier molecular flexibility index (Phi) is 3.48. The maximum Gasteiger partial charge on any atom is 0.243 e. The molecular formula is C12H18N2O. The number of carbonyl (C=O) groups is 1. The molecule has 0 spiro atoms. The molecule has 0 saturated carbocycles. The first-order chi connectivity index (χ1) is 6.91. The zero-order chi connectivity index (χ0) is 11.6. The standard InChI is InChI=1S/C12H18N2O/c1-8-5-9(2)7-11(6-8)14(4)12(15)10(3)13/h5-7,10H,13H2,1-4H3/t10-/m0/s1. The van der Waals surface area contributed by atoms with E-state index in [2.05, 4.69) is 6.07 Å². The molecule has 15 heavy (non-hydrogen) atoms. The highest BCUT2D eigenvalue weighted by Gasteiger charge is 2.15. The number of nitrogens with two attached hydrogens (primary N) is 1. The van der Waals surface area contributed by atoms with E-state index >= 15 is 0 Å². The van der Waals surface area contributed by atoms with Crippen LogP contribution >= 0.6 is 0 Å². The van der Waals surface area contributed by atoms with Gasteiger partial charge >= 0.3 is 0 Å². The van der Waals surface area contributed by atoms with E-state index in [1.807, 2.05) is 26.0 Å². The fourth-order valence-corrected chi connectivity index (χ4v) is 1.58. The summed E-state index contributed by atoms with van der Waals surface area (Å²) in [6.07, 6.45) is 0. The van der Waals surface area contributed by atoms with Crippen LogP contribution in [0.4, 0.5) is 5.69 Å². The molecule has 1 rings (SSSR count). The SMILES string of the molecule is Cc1cc(C)cc(N(C)C(=O)[C@H](C)N)c1. The summed E-state index contributed by atoms with van der Waals surface area (Å²) in [4.78, 5) is 13.3. The average Bonchev–Trinajstić information content (AvgIpc) is 2.13. The molecule has 0 heterocycles. The summed E-state index contributed by atoms with van der Waals surface area (Å²) in [6.45, 7) is 5.73.